The minimum atomic E-state index is -3.21. The van der Waals surface area contributed by atoms with E-state index in [0.29, 0.717) is 38.2 Å². The second-order valence-electron chi connectivity index (χ2n) is 7.05. The minimum Gasteiger partial charge on any atom is -0.488 e. The average Bonchev–Trinajstić information content (AvgIpc) is 2.71. The van der Waals surface area contributed by atoms with E-state index in [-0.39, 0.29) is 11.5 Å². The summed E-state index contributed by atoms with van der Waals surface area (Å²) in [5.74, 6) is 0.644. The Balaban J connectivity index is 2.03. The second kappa shape index (κ2) is 7.11. The van der Waals surface area contributed by atoms with Gasteiger partial charge in [-0.2, -0.15) is 0 Å². The Bertz CT molecular complexity index is 678. The van der Waals surface area contributed by atoms with Crippen molar-refractivity contribution in [3.63, 3.8) is 0 Å². The van der Waals surface area contributed by atoms with Crippen LogP contribution in [0.2, 0.25) is 0 Å². The average molecular weight is 354 g/mol. The van der Waals surface area contributed by atoms with Gasteiger partial charge in [-0.15, -0.1) is 0 Å². The van der Waals surface area contributed by atoms with Crippen molar-refractivity contribution >= 4 is 15.9 Å². The molecule has 2 rings (SSSR count). The molecule has 1 heterocycles. The fraction of sp³-hybridized carbons (Fsp3) is 0.588. The smallest absolute Gasteiger partial charge is 0.253 e. The molecule has 0 spiro atoms. The lowest BCUT2D eigenvalue weighted by Crippen LogP contribution is -2.36. The lowest BCUT2D eigenvalue weighted by molar-refractivity contribution is 0.0764. The molecular formula is C17H26N2O4S. The lowest BCUT2D eigenvalue weighted by Gasteiger charge is -2.23. The zero-order valence-electron chi connectivity index (χ0n) is 14.8. The van der Waals surface area contributed by atoms with Gasteiger partial charge in [0.1, 0.15) is 11.4 Å². The van der Waals surface area contributed by atoms with E-state index in [1.807, 2.05) is 20.8 Å². The molecule has 0 bridgehead atoms. The third-order valence-corrected chi connectivity index (χ3v) is 5.04. The van der Waals surface area contributed by atoms with Crippen molar-refractivity contribution < 1.29 is 17.9 Å². The van der Waals surface area contributed by atoms with Crippen molar-refractivity contribution in [2.24, 2.45) is 0 Å². The van der Waals surface area contributed by atoms with Crippen LogP contribution in [0.5, 0.6) is 5.75 Å². The van der Waals surface area contributed by atoms with Crippen LogP contribution in [0.25, 0.3) is 0 Å². The Hall–Kier alpha value is -1.60. The molecule has 6 nitrogen and oxygen atoms in total. The van der Waals surface area contributed by atoms with E-state index >= 15 is 0 Å². The molecule has 1 aromatic carbocycles. The molecule has 1 saturated heterocycles. The third kappa shape index (κ3) is 5.21. The molecule has 1 aromatic rings. The second-order valence-corrected chi connectivity index (χ2v) is 9.03. The largest absolute Gasteiger partial charge is 0.488 e. The maximum Gasteiger partial charge on any atom is 0.253 e. The Morgan fingerprint density at radius 2 is 1.67 bits per heavy atom. The first-order valence-electron chi connectivity index (χ1n) is 8.10. The molecule has 7 heteroatoms. The summed E-state index contributed by atoms with van der Waals surface area (Å²) in [6.45, 7) is 7.68. The van der Waals surface area contributed by atoms with Gasteiger partial charge in [0, 0.05) is 31.7 Å². The van der Waals surface area contributed by atoms with Gasteiger partial charge in [-0.25, -0.2) is 12.7 Å². The van der Waals surface area contributed by atoms with Gasteiger partial charge in [0.05, 0.1) is 6.26 Å². The molecule has 24 heavy (non-hydrogen) atoms. The summed E-state index contributed by atoms with van der Waals surface area (Å²) >= 11 is 0. The summed E-state index contributed by atoms with van der Waals surface area (Å²) in [5, 5.41) is 0. The van der Waals surface area contributed by atoms with Crippen LogP contribution in [0.3, 0.4) is 0 Å². The van der Waals surface area contributed by atoms with Crippen molar-refractivity contribution in [1.82, 2.24) is 9.21 Å². The van der Waals surface area contributed by atoms with Gasteiger partial charge in [0.25, 0.3) is 5.91 Å². The zero-order valence-corrected chi connectivity index (χ0v) is 15.6. The molecule has 0 saturated carbocycles. The predicted molar refractivity (Wildman–Crippen MR) is 93.8 cm³/mol. The molecule has 0 unspecified atom stereocenters. The topological polar surface area (TPSA) is 66.9 Å². The minimum absolute atomic E-state index is 0.0762. The predicted octanol–water partition coefficient (Wildman–Crippen LogP) is 1.97. The monoisotopic (exact) mass is 354 g/mol. The molecule has 1 amide bonds. The molecule has 1 aliphatic heterocycles. The highest BCUT2D eigenvalue weighted by molar-refractivity contribution is 7.88. The summed E-state index contributed by atoms with van der Waals surface area (Å²) in [6.07, 6.45) is 1.85. The van der Waals surface area contributed by atoms with Crippen LogP contribution in [0.4, 0.5) is 0 Å². The van der Waals surface area contributed by atoms with Gasteiger partial charge in [0.2, 0.25) is 10.0 Å². The van der Waals surface area contributed by atoms with Crippen LogP contribution < -0.4 is 4.74 Å². The Morgan fingerprint density at radius 1 is 1.04 bits per heavy atom. The van der Waals surface area contributed by atoms with Crippen molar-refractivity contribution in [3.8, 4) is 5.75 Å². The summed E-state index contributed by atoms with van der Waals surface area (Å²) < 4.78 is 30.5. The van der Waals surface area contributed by atoms with E-state index in [0.717, 1.165) is 5.75 Å². The van der Waals surface area contributed by atoms with Crippen LogP contribution in [0, 0.1) is 0 Å². The van der Waals surface area contributed by atoms with Crippen LogP contribution in [0.1, 0.15) is 37.6 Å². The quantitative estimate of drug-likeness (QED) is 0.832. The van der Waals surface area contributed by atoms with Gasteiger partial charge < -0.3 is 9.64 Å². The number of hydrogen-bond acceptors (Lipinski definition) is 4. The molecular weight excluding hydrogens is 328 g/mol. The number of ether oxygens (including phenoxy) is 1. The van der Waals surface area contributed by atoms with Gasteiger partial charge >= 0.3 is 0 Å². The summed E-state index contributed by atoms with van der Waals surface area (Å²) in [4.78, 5) is 14.3. The molecule has 0 N–H and O–H groups in total. The standard InChI is InChI=1S/C17H26N2O4S/c1-17(2,3)23-15-8-6-14(7-9-15)16(20)18-10-5-11-19(13-12-18)24(4,21)22/h6-9H,5,10-13H2,1-4H3. The maximum atomic E-state index is 12.6. The highest BCUT2D eigenvalue weighted by Crippen LogP contribution is 2.19. The third-order valence-electron chi connectivity index (χ3n) is 3.74. The van der Waals surface area contributed by atoms with E-state index in [4.69, 9.17) is 4.74 Å². The number of carbonyl (C=O) groups excluding carboxylic acids is 1. The summed E-state index contributed by atoms with van der Waals surface area (Å²) in [5.41, 5.74) is 0.301. The number of amides is 1. The fourth-order valence-corrected chi connectivity index (χ4v) is 3.50. The normalized spacial score (nSPS) is 17.4. The molecule has 0 atom stereocenters. The Kier molecular flexibility index (Phi) is 5.55. The van der Waals surface area contributed by atoms with Crippen molar-refractivity contribution in [2.75, 3.05) is 32.4 Å². The number of hydrogen-bond donors (Lipinski definition) is 0. The van der Waals surface area contributed by atoms with Crippen molar-refractivity contribution in [1.29, 1.82) is 0 Å². The van der Waals surface area contributed by atoms with E-state index in [1.165, 1.54) is 10.6 Å². The number of carbonyl (C=O) groups is 1. The van der Waals surface area contributed by atoms with Gasteiger partial charge in [-0.3, -0.25) is 4.79 Å². The van der Waals surface area contributed by atoms with Crippen LogP contribution in [-0.2, 0) is 10.0 Å². The molecule has 134 valence electrons. The number of sulfonamides is 1. The van der Waals surface area contributed by atoms with Gasteiger partial charge in [0.15, 0.2) is 0 Å². The Labute approximate surface area is 144 Å². The number of rotatable bonds is 3. The van der Waals surface area contributed by atoms with E-state index in [9.17, 15) is 13.2 Å². The fourth-order valence-electron chi connectivity index (χ4n) is 2.63. The molecule has 0 aliphatic carbocycles. The Morgan fingerprint density at radius 3 is 2.21 bits per heavy atom. The molecule has 1 fully saturated rings. The van der Waals surface area contributed by atoms with Crippen LogP contribution >= 0.6 is 0 Å². The SMILES string of the molecule is CC(C)(C)Oc1ccc(C(=O)N2CCCN(S(C)(=O)=O)CC2)cc1. The summed E-state index contributed by atoms with van der Waals surface area (Å²) in [7, 11) is -3.21. The van der Waals surface area contributed by atoms with E-state index in [1.54, 1.807) is 29.2 Å². The van der Waals surface area contributed by atoms with Crippen molar-refractivity contribution in [2.45, 2.75) is 32.8 Å². The zero-order chi connectivity index (χ0) is 18.0. The first-order valence-corrected chi connectivity index (χ1v) is 9.94. The van der Waals surface area contributed by atoms with Gasteiger partial charge in [-0.1, -0.05) is 0 Å². The number of benzene rings is 1. The first-order chi connectivity index (χ1) is 11.1. The van der Waals surface area contributed by atoms with Gasteiger partial charge in [-0.05, 0) is 51.5 Å². The van der Waals surface area contributed by atoms with E-state index in [2.05, 4.69) is 0 Å². The highest BCUT2D eigenvalue weighted by Gasteiger charge is 2.24. The van der Waals surface area contributed by atoms with Crippen molar-refractivity contribution in [3.05, 3.63) is 29.8 Å². The molecule has 1 aliphatic rings. The number of nitrogens with zero attached hydrogens (tertiary/aromatic N) is 2. The molecule has 0 aromatic heterocycles. The van der Waals surface area contributed by atoms with Crippen LogP contribution in [-0.4, -0.2) is 61.6 Å². The maximum absolute atomic E-state index is 12.6. The van der Waals surface area contributed by atoms with Crippen LogP contribution in [0.15, 0.2) is 24.3 Å². The lowest BCUT2D eigenvalue weighted by atomic mass is 10.1. The highest BCUT2D eigenvalue weighted by atomic mass is 32.2. The first kappa shape index (κ1) is 18.7. The van der Waals surface area contributed by atoms with E-state index < -0.39 is 10.0 Å². The molecule has 0 radical (unpaired) electrons. The summed E-state index contributed by atoms with van der Waals surface area (Å²) in [6, 6.07) is 7.09.